The summed E-state index contributed by atoms with van der Waals surface area (Å²) in [6.45, 7) is 2.86. The Hall–Kier alpha value is -1.24. The maximum Gasteiger partial charge on any atom is 0.508 e. The summed E-state index contributed by atoms with van der Waals surface area (Å²) in [5, 5.41) is 8.25. The molecule has 0 aliphatic rings. The van der Waals surface area contributed by atoms with E-state index in [1.165, 1.54) is 19.3 Å². The van der Waals surface area contributed by atoms with Crippen LogP contribution in [0, 0.1) is 11.3 Å². The molecule has 0 aromatic heterocycles. The molecule has 0 rings (SSSR count). The van der Waals surface area contributed by atoms with Gasteiger partial charge in [-0.2, -0.15) is 5.26 Å². The van der Waals surface area contributed by atoms with Gasteiger partial charge in [-0.1, -0.05) is 32.6 Å². The van der Waals surface area contributed by atoms with E-state index in [-0.39, 0.29) is 6.61 Å². The Morgan fingerprint density at radius 2 is 1.69 bits per heavy atom. The SMILES string of the molecule is CCCCCCCOC(=O)OCCCC#N. The zero-order valence-electron chi connectivity index (χ0n) is 10.0. The average molecular weight is 227 g/mol. The van der Waals surface area contributed by atoms with Crippen LogP contribution in [0.4, 0.5) is 4.79 Å². The minimum Gasteiger partial charge on any atom is -0.434 e. The first-order valence-corrected chi connectivity index (χ1v) is 5.97. The Morgan fingerprint density at radius 3 is 2.31 bits per heavy atom. The van der Waals surface area contributed by atoms with Crippen LogP contribution in [0.5, 0.6) is 0 Å². The van der Waals surface area contributed by atoms with E-state index in [1.54, 1.807) is 0 Å². The molecule has 0 radical (unpaired) electrons. The van der Waals surface area contributed by atoms with Crippen molar-refractivity contribution in [2.75, 3.05) is 13.2 Å². The van der Waals surface area contributed by atoms with Crippen LogP contribution in [0.3, 0.4) is 0 Å². The average Bonchev–Trinajstić information content (AvgIpc) is 2.29. The van der Waals surface area contributed by atoms with Crippen molar-refractivity contribution in [3.63, 3.8) is 0 Å². The van der Waals surface area contributed by atoms with E-state index in [0.29, 0.717) is 19.4 Å². The molecular formula is C12H21NO3. The van der Waals surface area contributed by atoms with E-state index in [2.05, 4.69) is 6.92 Å². The van der Waals surface area contributed by atoms with Crippen LogP contribution in [0.15, 0.2) is 0 Å². The van der Waals surface area contributed by atoms with Crippen molar-refractivity contribution >= 4 is 6.16 Å². The highest BCUT2D eigenvalue weighted by Crippen LogP contribution is 2.02. The van der Waals surface area contributed by atoms with Crippen molar-refractivity contribution in [2.24, 2.45) is 0 Å². The standard InChI is InChI=1S/C12H21NO3/c1-2-3-4-5-7-10-15-12(14)16-11-8-6-9-13/h2-8,10-11H2,1H3. The maximum atomic E-state index is 11.0. The first-order valence-electron chi connectivity index (χ1n) is 5.97. The number of ether oxygens (including phenoxy) is 2. The molecule has 0 amide bonds. The fourth-order valence-corrected chi connectivity index (χ4v) is 1.21. The molecule has 0 spiro atoms. The lowest BCUT2D eigenvalue weighted by atomic mass is 10.2. The van der Waals surface area contributed by atoms with Crippen LogP contribution in [0.1, 0.15) is 51.9 Å². The zero-order chi connectivity index (χ0) is 12.1. The molecule has 0 N–H and O–H groups in total. The molecule has 0 bridgehead atoms. The lowest BCUT2D eigenvalue weighted by molar-refractivity contribution is 0.0536. The van der Waals surface area contributed by atoms with E-state index < -0.39 is 6.16 Å². The normalized spacial score (nSPS) is 9.50. The Balaban J connectivity index is 3.15. The predicted octanol–water partition coefficient (Wildman–Crippen LogP) is 3.41. The van der Waals surface area contributed by atoms with Gasteiger partial charge in [-0.3, -0.25) is 0 Å². The van der Waals surface area contributed by atoms with Gasteiger partial charge >= 0.3 is 6.16 Å². The highest BCUT2D eigenvalue weighted by atomic mass is 16.7. The van der Waals surface area contributed by atoms with Gasteiger partial charge in [0, 0.05) is 6.42 Å². The highest BCUT2D eigenvalue weighted by molar-refractivity contribution is 5.59. The van der Waals surface area contributed by atoms with Crippen LogP contribution >= 0.6 is 0 Å². The molecule has 0 aromatic rings. The molecule has 0 aromatic carbocycles. The van der Waals surface area contributed by atoms with Crippen LogP contribution in [0.2, 0.25) is 0 Å². The summed E-state index contributed by atoms with van der Waals surface area (Å²) >= 11 is 0. The molecule has 0 atom stereocenters. The number of carbonyl (C=O) groups is 1. The number of nitriles is 1. The second-order valence-electron chi connectivity index (χ2n) is 3.62. The summed E-state index contributed by atoms with van der Waals surface area (Å²) in [6, 6.07) is 1.98. The third-order valence-electron chi connectivity index (χ3n) is 2.12. The second kappa shape index (κ2) is 11.8. The topological polar surface area (TPSA) is 59.3 Å². The van der Waals surface area contributed by atoms with E-state index in [4.69, 9.17) is 14.7 Å². The number of rotatable bonds is 9. The zero-order valence-corrected chi connectivity index (χ0v) is 10.0. The summed E-state index contributed by atoms with van der Waals surface area (Å²) in [5.74, 6) is 0. The lowest BCUT2D eigenvalue weighted by Crippen LogP contribution is -2.09. The smallest absolute Gasteiger partial charge is 0.434 e. The van der Waals surface area contributed by atoms with Crippen LogP contribution < -0.4 is 0 Å². The third-order valence-corrected chi connectivity index (χ3v) is 2.12. The molecule has 0 aliphatic carbocycles. The number of carbonyl (C=O) groups excluding carboxylic acids is 1. The van der Waals surface area contributed by atoms with Gasteiger partial charge in [0.05, 0.1) is 19.3 Å². The molecule has 4 nitrogen and oxygen atoms in total. The molecule has 0 fully saturated rings. The van der Waals surface area contributed by atoms with Crippen molar-refractivity contribution < 1.29 is 14.3 Å². The largest absolute Gasteiger partial charge is 0.508 e. The Morgan fingerprint density at radius 1 is 1.06 bits per heavy atom. The Kier molecular flexibility index (Phi) is 10.9. The lowest BCUT2D eigenvalue weighted by Gasteiger charge is -2.05. The van der Waals surface area contributed by atoms with Crippen molar-refractivity contribution in [1.82, 2.24) is 0 Å². The number of hydrogen-bond acceptors (Lipinski definition) is 4. The van der Waals surface area contributed by atoms with Crippen molar-refractivity contribution in [3.8, 4) is 6.07 Å². The molecule has 0 saturated heterocycles. The Labute approximate surface area is 97.5 Å². The summed E-state index contributed by atoms with van der Waals surface area (Å²) < 4.78 is 9.62. The minimum absolute atomic E-state index is 0.266. The molecule has 4 heteroatoms. The maximum absolute atomic E-state index is 11.0. The van der Waals surface area contributed by atoms with E-state index in [0.717, 1.165) is 12.8 Å². The van der Waals surface area contributed by atoms with Crippen molar-refractivity contribution in [2.45, 2.75) is 51.9 Å². The monoisotopic (exact) mass is 227 g/mol. The van der Waals surface area contributed by atoms with Gasteiger partial charge in [-0.15, -0.1) is 0 Å². The molecular weight excluding hydrogens is 206 g/mol. The molecule has 0 heterocycles. The van der Waals surface area contributed by atoms with Crippen molar-refractivity contribution in [3.05, 3.63) is 0 Å². The van der Waals surface area contributed by atoms with Crippen LogP contribution in [0.25, 0.3) is 0 Å². The summed E-state index contributed by atoms with van der Waals surface area (Å²) in [6.07, 6.45) is 5.99. The minimum atomic E-state index is -0.617. The number of nitrogens with zero attached hydrogens (tertiary/aromatic N) is 1. The fourth-order valence-electron chi connectivity index (χ4n) is 1.21. The van der Waals surface area contributed by atoms with Crippen LogP contribution in [-0.2, 0) is 9.47 Å². The molecule has 0 unspecified atom stereocenters. The summed E-state index contributed by atoms with van der Waals surface area (Å²) in [5.41, 5.74) is 0. The quantitative estimate of drug-likeness (QED) is 0.447. The molecule has 16 heavy (non-hydrogen) atoms. The number of unbranched alkanes of at least 4 members (excludes halogenated alkanes) is 5. The summed E-state index contributed by atoms with van der Waals surface area (Å²) in [7, 11) is 0. The predicted molar refractivity (Wildman–Crippen MR) is 60.9 cm³/mol. The summed E-state index contributed by atoms with van der Waals surface area (Å²) in [4.78, 5) is 11.0. The van der Waals surface area contributed by atoms with E-state index in [1.807, 2.05) is 6.07 Å². The van der Waals surface area contributed by atoms with Gasteiger partial charge in [0.25, 0.3) is 0 Å². The van der Waals surface area contributed by atoms with Gasteiger partial charge in [0.15, 0.2) is 0 Å². The van der Waals surface area contributed by atoms with Gasteiger partial charge in [0.2, 0.25) is 0 Å². The third kappa shape index (κ3) is 10.8. The van der Waals surface area contributed by atoms with E-state index >= 15 is 0 Å². The van der Waals surface area contributed by atoms with Gasteiger partial charge < -0.3 is 9.47 Å². The van der Waals surface area contributed by atoms with Crippen LogP contribution in [-0.4, -0.2) is 19.4 Å². The molecule has 92 valence electrons. The second-order valence-corrected chi connectivity index (χ2v) is 3.62. The van der Waals surface area contributed by atoms with Gasteiger partial charge in [-0.25, -0.2) is 4.79 Å². The molecule has 0 saturated carbocycles. The fraction of sp³-hybridized carbons (Fsp3) is 0.833. The first kappa shape index (κ1) is 14.8. The van der Waals surface area contributed by atoms with Gasteiger partial charge in [0.1, 0.15) is 0 Å². The van der Waals surface area contributed by atoms with E-state index in [9.17, 15) is 4.79 Å². The van der Waals surface area contributed by atoms with Crippen molar-refractivity contribution in [1.29, 1.82) is 5.26 Å². The van der Waals surface area contributed by atoms with Gasteiger partial charge in [-0.05, 0) is 12.8 Å². The highest BCUT2D eigenvalue weighted by Gasteiger charge is 2.02. The first-order chi connectivity index (χ1) is 7.81. The molecule has 0 aliphatic heterocycles. The number of hydrogen-bond donors (Lipinski definition) is 0. The Bertz CT molecular complexity index is 211.